The average molecular weight is 602 g/mol. The van der Waals surface area contributed by atoms with Crippen molar-refractivity contribution >= 4 is 79.7 Å². The third-order valence-corrected chi connectivity index (χ3v) is 7.34. The molecule has 0 radical (unpaired) electrons. The van der Waals surface area contributed by atoms with Crippen molar-refractivity contribution in [3.8, 4) is 5.75 Å². The number of hydrogen-bond donors (Lipinski definition) is 0. The van der Waals surface area contributed by atoms with Crippen molar-refractivity contribution in [2.24, 2.45) is 0 Å². The van der Waals surface area contributed by atoms with E-state index in [1.807, 2.05) is 0 Å². The summed E-state index contributed by atoms with van der Waals surface area (Å²) in [5.74, 6) is -0.344. The van der Waals surface area contributed by atoms with E-state index in [0.29, 0.717) is 31.4 Å². The maximum atomic E-state index is 13.3. The van der Waals surface area contributed by atoms with Crippen LogP contribution >= 0.6 is 62.5 Å². The van der Waals surface area contributed by atoms with Crippen LogP contribution in [-0.4, -0.2) is 16.0 Å². The molecule has 4 rings (SSSR count). The van der Waals surface area contributed by atoms with Gasteiger partial charge in [0.15, 0.2) is 0 Å². The summed E-state index contributed by atoms with van der Waals surface area (Å²) in [6.07, 6.45) is 1.63. The van der Waals surface area contributed by atoms with E-state index in [2.05, 4.69) is 15.9 Å². The number of imide groups is 1. The van der Waals surface area contributed by atoms with Crippen LogP contribution in [0.25, 0.3) is 6.08 Å². The Morgan fingerprint density at radius 2 is 1.71 bits per heavy atom. The molecule has 0 bridgehead atoms. The Morgan fingerprint density at radius 3 is 2.41 bits per heavy atom. The number of thioether (sulfide) groups is 1. The molecule has 0 spiro atoms. The Morgan fingerprint density at radius 1 is 0.971 bits per heavy atom. The number of rotatable bonds is 6. The number of benzene rings is 3. The Hall–Kier alpha value is -2.03. The summed E-state index contributed by atoms with van der Waals surface area (Å²) in [6, 6.07) is 14.3. The molecule has 0 N–H and O–H groups in total. The maximum absolute atomic E-state index is 13.3. The first-order valence-corrected chi connectivity index (χ1v) is 12.5. The Bertz CT molecular complexity index is 1330. The van der Waals surface area contributed by atoms with Gasteiger partial charge in [0.2, 0.25) is 0 Å². The normalized spacial score (nSPS) is 14.9. The molecule has 0 saturated carbocycles. The molecule has 34 heavy (non-hydrogen) atoms. The van der Waals surface area contributed by atoms with Crippen LogP contribution in [0.5, 0.6) is 5.75 Å². The van der Waals surface area contributed by atoms with Gasteiger partial charge in [0.05, 0.1) is 15.9 Å². The predicted octanol–water partition coefficient (Wildman–Crippen LogP) is 8.36. The molecule has 1 aliphatic heterocycles. The van der Waals surface area contributed by atoms with Crippen molar-refractivity contribution in [1.82, 2.24) is 4.90 Å². The zero-order chi connectivity index (χ0) is 24.4. The number of ether oxygens (including phenoxy) is 1. The van der Waals surface area contributed by atoms with Crippen molar-refractivity contribution in [3.63, 3.8) is 0 Å². The van der Waals surface area contributed by atoms with Crippen LogP contribution < -0.4 is 4.74 Å². The van der Waals surface area contributed by atoms with Gasteiger partial charge in [-0.2, -0.15) is 0 Å². The van der Waals surface area contributed by atoms with Crippen LogP contribution in [-0.2, 0) is 17.9 Å². The predicted molar refractivity (Wildman–Crippen MR) is 138 cm³/mol. The minimum atomic E-state index is -0.489. The van der Waals surface area contributed by atoms with Crippen LogP contribution in [0, 0.1) is 5.82 Å². The smallest absolute Gasteiger partial charge is 0.293 e. The maximum Gasteiger partial charge on any atom is 0.293 e. The molecule has 10 heteroatoms. The summed E-state index contributed by atoms with van der Waals surface area (Å²) >= 11 is 22.5. The molecular weight excluding hydrogens is 588 g/mol. The fraction of sp³-hybridized carbons (Fsp3) is 0.0833. The quantitative estimate of drug-likeness (QED) is 0.267. The highest BCUT2D eigenvalue weighted by Crippen LogP contribution is 2.36. The van der Waals surface area contributed by atoms with Gasteiger partial charge in [0, 0.05) is 20.6 Å². The van der Waals surface area contributed by atoms with E-state index < -0.39 is 17.0 Å². The lowest BCUT2D eigenvalue weighted by molar-refractivity contribution is -0.123. The second-order valence-corrected chi connectivity index (χ2v) is 10.3. The van der Waals surface area contributed by atoms with Crippen molar-refractivity contribution in [3.05, 3.63) is 102 Å². The molecule has 1 heterocycles. The number of hydrogen-bond acceptors (Lipinski definition) is 4. The molecule has 3 aromatic carbocycles. The van der Waals surface area contributed by atoms with E-state index in [1.165, 1.54) is 12.1 Å². The lowest BCUT2D eigenvalue weighted by Gasteiger charge is -2.13. The number of carbonyl (C=O) groups excluding carboxylic acids is 2. The fourth-order valence-electron chi connectivity index (χ4n) is 3.13. The molecule has 0 unspecified atom stereocenters. The van der Waals surface area contributed by atoms with Gasteiger partial charge in [-0.15, -0.1) is 0 Å². The van der Waals surface area contributed by atoms with E-state index >= 15 is 0 Å². The molecule has 1 aliphatic rings. The Labute approximate surface area is 222 Å². The van der Waals surface area contributed by atoms with Gasteiger partial charge in [0.25, 0.3) is 11.1 Å². The highest BCUT2D eigenvalue weighted by atomic mass is 79.9. The van der Waals surface area contributed by atoms with Crippen molar-refractivity contribution in [1.29, 1.82) is 0 Å². The third-order valence-electron chi connectivity index (χ3n) is 4.87. The molecule has 0 atom stereocenters. The molecule has 4 nitrogen and oxygen atoms in total. The highest BCUT2D eigenvalue weighted by Gasteiger charge is 2.35. The molecule has 1 saturated heterocycles. The molecule has 2 amide bonds. The van der Waals surface area contributed by atoms with Crippen LogP contribution in [0.15, 0.2) is 64.0 Å². The molecular formula is C24H14BrCl3FNO3S. The van der Waals surface area contributed by atoms with Gasteiger partial charge >= 0.3 is 0 Å². The average Bonchev–Trinajstić information content (AvgIpc) is 3.03. The van der Waals surface area contributed by atoms with E-state index in [-0.39, 0.29) is 23.1 Å². The summed E-state index contributed by atoms with van der Waals surface area (Å²) < 4.78 is 19.8. The lowest BCUT2D eigenvalue weighted by Crippen LogP contribution is -2.27. The van der Waals surface area contributed by atoms with Crippen LogP contribution in [0.4, 0.5) is 9.18 Å². The Balaban J connectivity index is 1.46. The summed E-state index contributed by atoms with van der Waals surface area (Å²) in [5.41, 5.74) is 1.97. The third kappa shape index (κ3) is 5.78. The van der Waals surface area contributed by atoms with Crippen molar-refractivity contribution in [2.45, 2.75) is 13.2 Å². The summed E-state index contributed by atoms with van der Waals surface area (Å²) in [4.78, 5) is 26.6. The van der Waals surface area contributed by atoms with Crippen LogP contribution in [0.2, 0.25) is 15.1 Å². The first-order valence-electron chi connectivity index (χ1n) is 9.77. The van der Waals surface area contributed by atoms with Gasteiger partial charge < -0.3 is 4.74 Å². The minimum absolute atomic E-state index is 0.0369. The van der Waals surface area contributed by atoms with Gasteiger partial charge in [-0.25, -0.2) is 4.39 Å². The lowest BCUT2D eigenvalue weighted by atomic mass is 10.2. The van der Waals surface area contributed by atoms with Crippen molar-refractivity contribution in [2.75, 3.05) is 0 Å². The topological polar surface area (TPSA) is 46.6 Å². The second-order valence-electron chi connectivity index (χ2n) is 7.22. The highest BCUT2D eigenvalue weighted by molar-refractivity contribution is 9.10. The number of nitrogens with zero attached hydrogens (tertiary/aromatic N) is 1. The molecule has 1 fully saturated rings. The Kier molecular flexibility index (Phi) is 7.90. The monoisotopic (exact) mass is 599 g/mol. The first-order chi connectivity index (χ1) is 16.2. The summed E-state index contributed by atoms with van der Waals surface area (Å²) in [6.45, 7) is 0.212. The van der Waals surface area contributed by atoms with Gasteiger partial charge in [0.1, 0.15) is 18.2 Å². The number of amides is 2. The number of carbonyl (C=O) groups is 2. The SMILES string of the molecule is O=C1S/C(=C/c2ccc(OCc3ccc(Cl)cc3Cl)c(Br)c2)C(=O)N1Cc1ccc(F)cc1Cl. The molecule has 0 aliphatic carbocycles. The largest absolute Gasteiger partial charge is 0.488 e. The fourth-order valence-corrected chi connectivity index (χ4v) is 5.17. The van der Waals surface area contributed by atoms with E-state index in [1.54, 1.807) is 42.5 Å². The van der Waals surface area contributed by atoms with Crippen LogP contribution in [0.1, 0.15) is 16.7 Å². The zero-order valence-corrected chi connectivity index (χ0v) is 21.8. The molecule has 3 aromatic rings. The minimum Gasteiger partial charge on any atom is -0.488 e. The summed E-state index contributed by atoms with van der Waals surface area (Å²) in [7, 11) is 0. The van der Waals surface area contributed by atoms with Gasteiger partial charge in [-0.05, 0) is 81.3 Å². The zero-order valence-electron chi connectivity index (χ0n) is 17.2. The second kappa shape index (κ2) is 10.7. The van der Waals surface area contributed by atoms with Gasteiger partial charge in [-0.3, -0.25) is 14.5 Å². The van der Waals surface area contributed by atoms with E-state index in [0.717, 1.165) is 28.3 Å². The van der Waals surface area contributed by atoms with Crippen LogP contribution in [0.3, 0.4) is 0 Å². The standard InChI is InChI=1S/C24H14BrCl3FNO3S/c25-18-7-13(1-6-21(18)33-12-15-2-4-16(26)9-19(15)27)8-22-23(31)30(24(32)34-22)11-14-3-5-17(29)10-20(14)28/h1-10H,11-12H2/b22-8+. The first kappa shape index (κ1) is 25.1. The van der Waals surface area contributed by atoms with Gasteiger partial charge in [-0.1, -0.05) is 53.0 Å². The van der Waals surface area contributed by atoms with E-state index in [9.17, 15) is 14.0 Å². The number of halogens is 5. The van der Waals surface area contributed by atoms with E-state index in [4.69, 9.17) is 39.5 Å². The molecule has 0 aromatic heterocycles. The summed E-state index contributed by atoms with van der Waals surface area (Å²) in [5, 5.41) is 0.792. The molecule has 174 valence electrons. The van der Waals surface area contributed by atoms with Crippen molar-refractivity contribution < 1.29 is 18.7 Å².